The molecule has 0 radical (unpaired) electrons. The molecule has 1 aliphatic rings. The van der Waals surface area contributed by atoms with Crippen LogP contribution in [0, 0.1) is 0 Å². The summed E-state index contributed by atoms with van der Waals surface area (Å²) in [6, 6.07) is 3.08. The Morgan fingerprint density at radius 1 is 1.10 bits per heavy atom. The van der Waals surface area contributed by atoms with Gasteiger partial charge >= 0.3 is 0 Å². The Morgan fingerprint density at radius 3 is 2.05 bits per heavy atom. The number of phenolic OH excluding ortho intramolecular Hbond substituents is 1. The number of methoxy groups -OCH3 is 2. The Bertz CT molecular complexity index is 471. The van der Waals surface area contributed by atoms with Gasteiger partial charge in [-0.2, -0.15) is 0 Å². The van der Waals surface area contributed by atoms with Gasteiger partial charge in [0.15, 0.2) is 11.5 Å². The largest absolute Gasteiger partial charge is 0.502 e. The quantitative estimate of drug-likeness (QED) is 0.887. The van der Waals surface area contributed by atoms with Crippen LogP contribution in [0.3, 0.4) is 0 Å². The molecule has 0 spiro atoms. The zero-order valence-electron chi connectivity index (χ0n) is 12.0. The van der Waals surface area contributed by atoms with E-state index in [0.29, 0.717) is 18.7 Å². The number of benzene rings is 1. The number of hydrogen-bond acceptors (Lipinski definition) is 5. The number of phenols is 1. The van der Waals surface area contributed by atoms with Crippen LogP contribution in [-0.2, 0) is 0 Å². The van der Waals surface area contributed by atoms with E-state index in [1.54, 1.807) is 17.0 Å². The summed E-state index contributed by atoms with van der Waals surface area (Å²) in [6.07, 6.45) is 0. The van der Waals surface area contributed by atoms with Crippen LogP contribution in [-0.4, -0.2) is 68.3 Å². The zero-order chi connectivity index (χ0) is 14.7. The molecule has 110 valence electrons. The normalized spacial score (nSPS) is 16.1. The van der Waals surface area contributed by atoms with Gasteiger partial charge in [0.25, 0.3) is 5.91 Å². The topological polar surface area (TPSA) is 62.2 Å². The Balaban J connectivity index is 2.25. The number of piperazine rings is 1. The molecule has 1 aromatic carbocycles. The molecule has 6 nitrogen and oxygen atoms in total. The van der Waals surface area contributed by atoms with Gasteiger partial charge < -0.3 is 24.4 Å². The van der Waals surface area contributed by atoms with Crippen LogP contribution in [0.2, 0.25) is 0 Å². The highest BCUT2D eigenvalue weighted by molar-refractivity contribution is 5.95. The van der Waals surface area contributed by atoms with Crippen LogP contribution >= 0.6 is 0 Å². The standard InChI is InChI=1S/C14H20N2O4/c1-15-4-6-16(7-5-15)14(18)10-8-11(19-2)13(17)12(9-10)20-3/h8-9,17H,4-7H2,1-3H3. The lowest BCUT2D eigenvalue weighted by Crippen LogP contribution is -2.47. The van der Waals surface area contributed by atoms with Gasteiger partial charge in [-0.25, -0.2) is 0 Å². The molecule has 1 heterocycles. The second-order valence-corrected chi connectivity index (χ2v) is 4.82. The molecule has 6 heteroatoms. The third-order valence-electron chi connectivity index (χ3n) is 3.52. The fourth-order valence-electron chi connectivity index (χ4n) is 2.21. The van der Waals surface area contributed by atoms with Gasteiger partial charge in [0.2, 0.25) is 5.75 Å². The van der Waals surface area contributed by atoms with E-state index in [4.69, 9.17) is 9.47 Å². The van der Waals surface area contributed by atoms with Crippen molar-refractivity contribution >= 4 is 5.91 Å². The van der Waals surface area contributed by atoms with Crippen LogP contribution in [0.5, 0.6) is 17.2 Å². The maximum Gasteiger partial charge on any atom is 0.254 e. The summed E-state index contributed by atoms with van der Waals surface area (Å²) >= 11 is 0. The second-order valence-electron chi connectivity index (χ2n) is 4.82. The van der Waals surface area contributed by atoms with Gasteiger partial charge in [-0.3, -0.25) is 4.79 Å². The van der Waals surface area contributed by atoms with Crippen LogP contribution in [0.4, 0.5) is 0 Å². The molecular formula is C14H20N2O4. The molecule has 1 amide bonds. The summed E-state index contributed by atoms with van der Waals surface area (Å²) < 4.78 is 10.1. The molecule has 0 bridgehead atoms. The summed E-state index contributed by atoms with van der Waals surface area (Å²) in [5, 5.41) is 9.86. The number of ether oxygens (including phenoxy) is 2. The monoisotopic (exact) mass is 280 g/mol. The Labute approximate surface area is 118 Å². The van der Waals surface area contributed by atoms with Gasteiger partial charge in [-0.05, 0) is 19.2 Å². The highest BCUT2D eigenvalue weighted by Crippen LogP contribution is 2.37. The number of likely N-dealkylation sites (N-methyl/N-ethyl adjacent to an activating group) is 1. The molecule has 0 aromatic heterocycles. The number of carbonyl (C=O) groups is 1. The van der Waals surface area contributed by atoms with Crippen molar-refractivity contribution in [1.82, 2.24) is 9.80 Å². The van der Waals surface area contributed by atoms with Gasteiger partial charge in [-0.1, -0.05) is 0 Å². The SMILES string of the molecule is COc1cc(C(=O)N2CCN(C)CC2)cc(OC)c1O. The number of hydrogen-bond donors (Lipinski definition) is 1. The smallest absolute Gasteiger partial charge is 0.254 e. The predicted octanol–water partition coefficient (Wildman–Crippen LogP) is 0.797. The van der Waals surface area contributed by atoms with Crippen LogP contribution < -0.4 is 9.47 Å². The molecule has 0 atom stereocenters. The highest BCUT2D eigenvalue weighted by Gasteiger charge is 2.23. The van der Waals surface area contributed by atoms with E-state index in [9.17, 15) is 9.90 Å². The fraction of sp³-hybridized carbons (Fsp3) is 0.500. The minimum atomic E-state index is -0.0927. The van der Waals surface area contributed by atoms with Crippen LogP contribution in [0.25, 0.3) is 0 Å². The van der Waals surface area contributed by atoms with Crippen molar-refractivity contribution in [1.29, 1.82) is 0 Å². The molecule has 0 aliphatic carbocycles. The predicted molar refractivity (Wildman–Crippen MR) is 74.6 cm³/mol. The van der Waals surface area contributed by atoms with E-state index < -0.39 is 0 Å². The fourth-order valence-corrected chi connectivity index (χ4v) is 2.21. The van der Waals surface area contributed by atoms with Crippen molar-refractivity contribution in [3.63, 3.8) is 0 Å². The Hall–Kier alpha value is -1.95. The minimum Gasteiger partial charge on any atom is -0.502 e. The molecule has 0 unspecified atom stereocenters. The molecular weight excluding hydrogens is 260 g/mol. The van der Waals surface area contributed by atoms with Crippen molar-refractivity contribution in [3.8, 4) is 17.2 Å². The summed E-state index contributed by atoms with van der Waals surface area (Å²) in [4.78, 5) is 16.4. The lowest BCUT2D eigenvalue weighted by molar-refractivity contribution is 0.0663. The maximum atomic E-state index is 12.5. The minimum absolute atomic E-state index is 0.0744. The number of aromatic hydroxyl groups is 1. The number of rotatable bonds is 3. The Kier molecular flexibility index (Phi) is 4.34. The van der Waals surface area contributed by atoms with Gasteiger partial charge in [-0.15, -0.1) is 0 Å². The molecule has 1 fully saturated rings. The highest BCUT2D eigenvalue weighted by atomic mass is 16.5. The van der Waals surface area contributed by atoms with E-state index in [1.165, 1.54) is 14.2 Å². The summed E-state index contributed by atoms with van der Waals surface area (Å²) in [6.45, 7) is 3.11. The van der Waals surface area contributed by atoms with Crippen molar-refractivity contribution in [3.05, 3.63) is 17.7 Å². The first kappa shape index (κ1) is 14.5. The van der Waals surface area contributed by atoms with E-state index >= 15 is 0 Å². The van der Waals surface area contributed by atoms with E-state index in [-0.39, 0.29) is 23.2 Å². The van der Waals surface area contributed by atoms with Crippen LogP contribution in [0.15, 0.2) is 12.1 Å². The van der Waals surface area contributed by atoms with Crippen molar-refractivity contribution < 1.29 is 19.4 Å². The maximum absolute atomic E-state index is 12.5. The number of nitrogens with zero attached hydrogens (tertiary/aromatic N) is 2. The third-order valence-corrected chi connectivity index (χ3v) is 3.52. The van der Waals surface area contributed by atoms with Crippen molar-refractivity contribution in [2.24, 2.45) is 0 Å². The first-order valence-electron chi connectivity index (χ1n) is 6.49. The van der Waals surface area contributed by atoms with E-state index in [2.05, 4.69) is 4.90 Å². The first-order chi connectivity index (χ1) is 9.56. The molecule has 20 heavy (non-hydrogen) atoms. The third kappa shape index (κ3) is 2.80. The summed E-state index contributed by atoms with van der Waals surface area (Å²) in [5.74, 6) is 0.309. The second kappa shape index (κ2) is 6.00. The number of amides is 1. The summed E-state index contributed by atoms with van der Waals surface area (Å²) in [7, 11) is 4.92. The Morgan fingerprint density at radius 2 is 1.60 bits per heavy atom. The zero-order valence-corrected chi connectivity index (χ0v) is 12.0. The molecule has 1 aliphatic heterocycles. The van der Waals surface area contributed by atoms with Gasteiger partial charge in [0.05, 0.1) is 14.2 Å². The lowest BCUT2D eigenvalue weighted by atomic mass is 10.1. The average Bonchev–Trinajstić information content (AvgIpc) is 2.47. The first-order valence-corrected chi connectivity index (χ1v) is 6.49. The number of carbonyl (C=O) groups excluding carboxylic acids is 1. The summed E-state index contributed by atoms with van der Waals surface area (Å²) in [5.41, 5.74) is 0.459. The molecule has 1 saturated heterocycles. The van der Waals surface area contributed by atoms with E-state index in [1.807, 2.05) is 7.05 Å². The van der Waals surface area contributed by atoms with E-state index in [0.717, 1.165) is 13.1 Å². The molecule has 0 saturated carbocycles. The molecule has 1 aromatic rings. The average molecular weight is 280 g/mol. The molecule has 2 rings (SSSR count). The van der Waals surface area contributed by atoms with Gasteiger partial charge in [0, 0.05) is 31.7 Å². The van der Waals surface area contributed by atoms with Gasteiger partial charge in [0.1, 0.15) is 0 Å². The lowest BCUT2D eigenvalue weighted by Gasteiger charge is -2.32. The molecule has 1 N–H and O–H groups in total. The van der Waals surface area contributed by atoms with Crippen molar-refractivity contribution in [2.45, 2.75) is 0 Å². The van der Waals surface area contributed by atoms with Crippen molar-refractivity contribution in [2.75, 3.05) is 47.4 Å². The van der Waals surface area contributed by atoms with Crippen LogP contribution in [0.1, 0.15) is 10.4 Å².